The Hall–Kier alpha value is -1.10. The molecule has 0 saturated carbocycles. The molecule has 0 aliphatic heterocycles. The lowest BCUT2D eigenvalue weighted by Crippen LogP contribution is -2.50. The first-order chi connectivity index (χ1) is 8.61. The molecule has 0 bridgehead atoms. The standard InChI is InChI=1S/C14H28N2O3/c1-10(2)9-19-8-7-12(17)15-11(3)13(18)16-14(4,5)6/h10-11H,7-9H2,1-6H3,(H,15,17)(H,16,18). The Morgan fingerprint density at radius 3 is 2.21 bits per heavy atom. The molecule has 112 valence electrons. The van der Waals surface area contributed by atoms with E-state index in [1.54, 1.807) is 6.92 Å². The van der Waals surface area contributed by atoms with Crippen molar-refractivity contribution in [2.45, 2.75) is 59.5 Å². The van der Waals surface area contributed by atoms with Crippen LogP contribution in [0.5, 0.6) is 0 Å². The van der Waals surface area contributed by atoms with E-state index in [1.807, 2.05) is 20.8 Å². The molecular formula is C14H28N2O3. The molecule has 5 nitrogen and oxygen atoms in total. The average molecular weight is 272 g/mol. The van der Waals surface area contributed by atoms with E-state index in [4.69, 9.17) is 4.74 Å². The van der Waals surface area contributed by atoms with Gasteiger partial charge in [0.1, 0.15) is 6.04 Å². The van der Waals surface area contributed by atoms with Gasteiger partial charge in [-0.2, -0.15) is 0 Å². The number of carbonyl (C=O) groups excluding carboxylic acids is 2. The first kappa shape index (κ1) is 17.9. The largest absolute Gasteiger partial charge is 0.381 e. The highest BCUT2D eigenvalue weighted by molar-refractivity contribution is 5.87. The first-order valence-electron chi connectivity index (χ1n) is 6.81. The predicted octanol–water partition coefficient (Wildman–Crippen LogP) is 1.47. The van der Waals surface area contributed by atoms with Crippen molar-refractivity contribution in [2.24, 2.45) is 5.92 Å². The predicted molar refractivity (Wildman–Crippen MR) is 75.8 cm³/mol. The minimum absolute atomic E-state index is 0.166. The summed E-state index contributed by atoms with van der Waals surface area (Å²) in [5, 5.41) is 5.48. The van der Waals surface area contributed by atoms with E-state index < -0.39 is 6.04 Å². The van der Waals surface area contributed by atoms with Crippen molar-refractivity contribution in [1.82, 2.24) is 10.6 Å². The van der Waals surface area contributed by atoms with Gasteiger partial charge in [0.25, 0.3) is 0 Å². The van der Waals surface area contributed by atoms with Gasteiger partial charge in [-0.05, 0) is 33.6 Å². The van der Waals surface area contributed by atoms with E-state index in [1.165, 1.54) is 0 Å². The zero-order valence-corrected chi connectivity index (χ0v) is 13.0. The van der Waals surface area contributed by atoms with Crippen molar-refractivity contribution in [3.8, 4) is 0 Å². The third kappa shape index (κ3) is 10.5. The molecule has 2 amide bonds. The van der Waals surface area contributed by atoms with E-state index in [9.17, 15) is 9.59 Å². The summed E-state index contributed by atoms with van der Waals surface area (Å²) in [6, 6.07) is -0.531. The quantitative estimate of drug-likeness (QED) is 0.690. The van der Waals surface area contributed by atoms with Crippen LogP contribution in [0, 0.1) is 5.92 Å². The van der Waals surface area contributed by atoms with Crippen LogP contribution in [-0.2, 0) is 14.3 Å². The maximum absolute atomic E-state index is 11.8. The highest BCUT2D eigenvalue weighted by Gasteiger charge is 2.20. The Morgan fingerprint density at radius 2 is 1.74 bits per heavy atom. The van der Waals surface area contributed by atoms with Gasteiger partial charge in [0.15, 0.2) is 0 Å². The van der Waals surface area contributed by atoms with E-state index in [-0.39, 0.29) is 23.8 Å². The highest BCUT2D eigenvalue weighted by atomic mass is 16.5. The zero-order chi connectivity index (χ0) is 15.1. The lowest BCUT2D eigenvalue weighted by molar-refractivity contribution is -0.130. The second kappa shape index (κ2) is 8.15. The lowest BCUT2D eigenvalue weighted by Gasteiger charge is -2.23. The summed E-state index contributed by atoms with van der Waals surface area (Å²) < 4.78 is 5.33. The lowest BCUT2D eigenvalue weighted by atomic mass is 10.1. The fraction of sp³-hybridized carbons (Fsp3) is 0.857. The average Bonchev–Trinajstić information content (AvgIpc) is 2.21. The van der Waals surface area contributed by atoms with Crippen LogP contribution in [0.25, 0.3) is 0 Å². The molecule has 19 heavy (non-hydrogen) atoms. The summed E-state index contributed by atoms with van der Waals surface area (Å²) in [5.74, 6) is 0.115. The van der Waals surface area contributed by atoms with Gasteiger partial charge < -0.3 is 15.4 Å². The van der Waals surface area contributed by atoms with Crippen LogP contribution in [0.15, 0.2) is 0 Å². The van der Waals surface area contributed by atoms with Gasteiger partial charge in [-0.25, -0.2) is 0 Å². The normalized spacial score (nSPS) is 13.2. The third-order valence-corrected chi connectivity index (χ3v) is 2.19. The van der Waals surface area contributed by atoms with E-state index >= 15 is 0 Å². The molecule has 5 heteroatoms. The number of amides is 2. The molecule has 0 saturated heterocycles. The molecule has 0 radical (unpaired) electrons. The van der Waals surface area contributed by atoms with Crippen molar-refractivity contribution in [3.05, 3.63) is 0 Å². The molecule has 1 unspecified atom stereocenters. The Balaban J connectivity index is 3.89. The summed E-state index contributed by atoms with van der Waals surface area (Å²) in [6.45, 7) is 12.5. The fourth-order valence-corrected chi connectivity index (χ4v) is 1.34. The number of ether oxygens (including phenoxy) is 1. The Bertz CT molecular complexity index is 296. The summed E-state index contributed by atoms with van der Waals surface area (Å²) in [4.78, 5) is 23.4. The van der Waals surface area contributed by atoms with Crippen LogP contribution >= 0.6 is 0 Å². The number of carbonyl (C=O) groups is 2. The summed E-state index contributed by atoms with van der Waals surface area (Å²) in [6.07, 6.45) is 0.278. The molecule has 0 aromatic heterocycles. The summed E-state index contributed by atoms with van der Waals surface area (Å²) >= 11 is 0. The second-order valence-electron chi connectivity index (χ2n) is 6.25. The molecule has 0 heterocycles. The Kier molecular flexibility index (Phi) is 7.68. The monoisotopic (exact) mass is 272 g/mol. The van der Waals surface area contributed by atoms with Gasteiger partial charge in [-0.15, -0.1) is 0 Å². The molecule has 0 aromatic rings. The SMILES string of the molecule is CC(C)COCCC(=O)NC(C)C(=O)NC(C)(C)C. The number of hydrogen-bond acceptors (Lipinski definition) is 3. The molecule has 1 atom stereocenters. The van der Waals surface area contributed by atoms with Crippen molar-refractivity contribution in [2.75, 3.05) is 13.2 Å². The molecule has 2 N–H and O–H groups in total. The Labute approximate surface area is 116 Å². The van der Waals surface area contributed by atoms with Crippen LogP contribution in [0.2, 0.25) is 0 Å². The van der Waals surface area contributed by atoms with Gasteiger partial charge >= 0.3 is 0 Å². The van der Waals surface area contributed by atoms with Gasteiger partial charge in [0, 0.05) is 18.6 Å². The number of nitrogens with one attached hydrogen (secondary N) is 2. The van der Waals surface area contributed by atoms with E-state index in [2.05, 4.69) is 24.5 Å². The molecule has 0 aromatic carbocycles. The maximum Gasteiger partial charge on any atom is 0.242 e. The van der Waals surface area contributed by atoms with Crippen LogP contribution < -0.4 is 10.6 Å². The van der Waals surface area contributed by atoms with Crippen molar-refractivity contribution >= 4 is 11.8 Å². The van der Waals surface area contributed by atoms with Crippen molar-refractivity contribution < 1.29 is 14.3 Å². The molecule has 0 aliphatic carbocycles. The summed E-state index contributed by atoms with van der Waals surface area (Å²) in [5.41, 5.74) is -0.295. The minimum atomic E-state index is -0.531. The summed E-state index contributed by atoms with van der Waals surface area (Å²) in [7, 11) is 0. The maximum atomic E-state index is 11.8. The molecule has 0 spiro atoms. The minimum Gasteiger partial charge on any atom is -0.381 e. The van der Waals surface area contributed by atoms with Crippen molar-refractivity contribution in [1.29, 1.82) is 0 Å². The molecule has 0 rings (SSSR count). The van der Waals surface area contributed by atoms with Gasteiger partial charge in [-0.1, -0.05) is 13.8 Å². The number of hydrogen-bond donors (Lipinski definition) is 2. The molecule has 0 aliphatic rings. The van der Waals surface area contributed by atoms with Gasteiger partial charge in [-0.3, -0.25) is 9.59 Å². The van der Waals surface area contributed by atoms with Gasteiger partial charge in [0.2, 0.25) is 11.8 Å². The number of rotatable bonds is 7. The molecule has 0 fully saturated rings. The smallest absolute Gasteiger partial charge is 0.242 e. The van der Waals surface area contributed by atoms with E-state index in [0.717, 1.165) is 0 Å². The van der Waals surface area contributed by atoms with Crippen LogP contribution in [0.4, 0.5) is 0 Å². The zero-order valence-electron chi connectivity index (χ0n) is 13.0. The van der Waals surface area contributed by atoms with Crippen molar-refractivity contribution in [3.63, 3.8) is 0 Å². The van der Waals surface area contributed by atoms with Crippen LogP contribution in [-0.4, -0.2) is 36.6 Å². The van der Waals surface area contributed by atoms with E-state index in [0.29, 0.717) is 19.1 Å². The van der Waals surface area contributed by atoms with Crippen LogP contribution in [0.3, 0.4) is 0 Å². The highest BCUT2D eigenvalue weighted by Crippen LogP contribution is 1.99. The van der Waals surface area contributed by atoms with Crippen LogP contribution in [0.1, 0.15) is 48.0 Å². The third-order valence-electron chi connectivity index (χ3n) is 2.19. The van der Waals surface area contributed by atoms with Gasteiger partial charge in [0.05, 0.1) is 6.61 Å². The Morgan fingerprint density at radius 1 is 1.16 bits per heavy atom. The topological polar surface area (TPSA) is 67.4 Å². The molecular weight excluding hydrogens is 244 g/mol. The second-order valence-corrected chi connectivity index (χ2v) is 6.25. The fourth-order valence-electron chi connectivity index (χ4n) is 1.34. The first-order valence-corrected chi connectivity index (χ1v) is 6.81.